The molecule has 0 unspecified atom stereocenters. The average Bonchev–Trinajstić information content (AvgIpc) is 2.68. The second-order valence-electron chi connectivity index (χ2n) is 7.39. The molecule has 0 aromatic heterocycles. The van der Waals surface area contributed by atoms with Crippen LogP contribution in [0.1, 0.15) is 30.9 Å². The Kier molecular flexibility index (Phi) is 9.18. The zero-order valence-corrected chi connectivity index (χ0v) is 19.5. The predicted molar refractivity (Wildman–Crippen MR) is 123 cm³/mol. The summed E-state index contributed by atoms with van der Waals surface area (Å²) in [6.07, 6.45) is 1.80. The molecule has 2 aromatic carbocycles. The molecule has 0 radical (unpaired) electrons. The van der Waals surface area contributed by atoms with E-state index < -0.39 is 10.0 Å². The van der Waals surface area contributed by atoms with Crippen molar-refractivity contribution in [1.82, 2.24) is 5.32 Å². The molecule has 2 aromatic rings. The van der Waals surface area contributed by atoms with E-state index in [1.54, 1.807) is 24.3 Å². The predicted octanol–water partition coefficient (Wildman–Crippen LogP) is 3.44. The maximum absolute atomic E-state index is 12.2. The number of hydrogen-bond donors (Lipinski definition) is 1. The van der Waals surface area contributed by atoms with Crippen molar-refractivity contribution >= 4 is 21.6 Å². The van der Waals surface area contributed by atoms with Gasteiger partial charge in [-0.15, -0.1) is 0 Å². The fourth-order valence-corrected chi connectivity index (χ4v) is 4.17. The van der Waals surface area contributed by atoms with Crippen LogP contribution in [0.5, 0.6) is 11.5 Å². The number of benzene rings is 2. The van der Waals surface area contributed by atoms with Crippen molar-refractivity contribution < 1.29 is 22.7 Å². The Morgan fingerprint density at radius 2 is 1.65 bits per heavy atom. The maximum Gasteiger partial charge on any atom is 0.232 e. The van der Waals surface area contributed by atoms with Crippen LogP contribution in [0, 0.1) is 13.8 Å². The van der Waals surface area contributed by atoms with Crippen LogP contribution in [0.25, 0.3) is 0 Å². The molecule has 1 amide bonds. The summed E-state index contributed by atoms with van der Waals surface area (Å²) in [4.78, 5) is 12.1. The standard InChI is InChI=1S/C23H32N2O5S/c1-5-29-21-10-8-20(9-11-21)25(31(4,27)28)13-6-7-23(26)24-12-14-30-22-16-18(2)15-19(3)17-22/h8-11,15-17H,5-7,12-14H2,1-4H3,(H,24,26). The quantitative estimate of drug-likeness (QED) is 0.503. The lowest BCUT2D eigenvalue weighted by atomic mass is 10.1. The molecule has 0 saturated carbocycles. The van der Waals surface area contributed by atoms with Gasteiger partial charge in [-0.1, -0.05) is 6.07 Å². The Hall–Kier alpha value is -2.74. The van der Waals surface area contributed by atoms with Gasteiger partial charge >= 0.3 is 0 Å². The minimum atomic E-state index is -3.46. The number of ether oxygens (including phenoxy) is 2. The Balaban J connectivity index is 1.77. The zero-order valence-electron chi connectivity index (χ0n) is 18.7. The topological polar surface area (TPSA) is 84.9 Å². The lowest BCUT2D eigenvalue weighted by Gasteiger charge is -2.22. The third kappa shape index (κ3) is 8.49. The van der Waals surface area contributed by atoms with Crippen molar-refractivity contribution in [3.05, 3.63) is 53.6 Å². The van der Waals surface area contributed by atoms with Gasteiger partial charge in [-0.05, 0) is 74.7 Å². The Bertz CT molecular complexity index is 938. The van der Waals surface area contributed by atoms with Crippen LogP contribution < -0.4 is 19.1 Å². The minimum absolute atomic E-state index is 0.135. The molecule has 0 aliphatic rings. The van der Waals surface area contributed by atoms with Gasteiger partial charge < -0.3 is 14.8 Å². The average molecular weight is 449 g/mol. The van der Waals surface area contributed by atoms with Crippen molar-refractivity contribution in [2.45, 2.75) is 33.6 Å². The molecule has 8 heteroatoms. The third-order valence-corrected chi connectivity index (χ3v) is 5.68. The van der Waals surface area contributed by atoms with E-state index in [1.807, 2.05) is 32.9 Å². The van der Waals surface area contributed by atoms with E-state index in [0.717, 1.165) is 23.1 Å². The second-order valence-corrected chi connectivity index (χ2v) is 9.29. The Morgan fingerprint density at radius 3 is 2.23 bits per heavy atom. The first-order chi connectivity index (χ1) is 14.7. The van der Waals surface area contributed by atoms with Crippen molar-refractivity contribution in [2.75, 3.05) is 36.9 Å². The molecule has 0 fully saturated rings. The number of hydrogen-bond acceptors (Lipinski definition) is 5. The molecule has 0 aliphatic heterocycles. The molecule has 0 heterocycles. The van der Waals surface area contributed by atoms with Gasteiger partial charge in [0, 0.05) is 13.0 Å². The molecular formula is C23H32N2O5S. The Labute approximate surface area is 185 Å². The van der Waals surface area contributed by atoms with Gasteiger partial charge in [0.05, 0.1) is 25.1 Å². The fourth-order valence-electron chi connectivity index (χ4n) is 3.21. The molecule has 0 atom stereocenters. The summed E-state index contributed by atoms with van der Waals surface area (Å²) in [6.45, 7) is 7.43. The lowest BCUT2D eigenvalue weighted by molar-refractivity contribution is -0.121. The van der Waals surface area contributed by atoms with Gasteiger partial charge in [-0.3, -0.25) is 9.10 Å². The highest BCUT2D eigenvalue weighted by Crippen LogP contribution is 2.22. The van der Waals surface area contributed by atoms with Crippen molar-refractivity contribution in [3.63, 3.8) is 0 Å². The van der Waals surface area contributed by atoms with E-state index in [2.05, 4.69) is 11.4 Å². The summed E-state index contributed by atoms with van der Waals surface area (Å²) in [5, 5.41) is 2.81. The van der Waals surface area contributed by atoms with E-state index in [9.17, 15) is 13.2 Å². The van der Waals surface area contributed by atoms with Gasteiger partial charge in [0.25, 0.3) is 0 Å². The van der Waals surface area contributed by atoms with Crippen molar-refractivity contribution in [3.8, 4) is 11.5 Å². The summed E-state index contributed by atoms with van der Waals surface area (Å²) in [7, 11) is -3.46. The van der Waals surface area contributed by atoms with E-state index >= 15 is 0 Å². The minimum Gasteiger partial charge on any atom is -0.494 e. The number of carbonyl (C=O) groups excluding carboxylic acids is 1. The SMILES string of the molecule is CCOc1ccc(N(CCCC(=O)NCCOc2cc(C)cc(C)c2)S(C)(=O)=O)cc1. The molecule has 2 rings (SSSR count). The number of nitrogens with zero attached hydrogens (tertiary/aromatic N) is 1. The highest BCUT2D eigenvalue weighted by Gasteiger charge is 2.17. The highest BCUT2D eigenvalue weighted by molar-refractivity contribution is 7.92. The van der Waals surface area contributed by atoms with Crippen LogP contribution in [0.15, 0.2) is 42.5 Å². The van der Waals surface area contributed by atoms with Crippen LogP contribution in [0.3, 0.4) is 0 Å². The third-order valence-electron chi connectivity index (χ3n) is 4.49. The first-order valence-corrected chi connectivity index (χ1v) is 12.2. The van der Waals surface area contributed by atoms with Crippen LogP contribution in [-0.4, -0.2) is 46.9 Å². The summed E-state index contributed by atoms with van der Waals surface area (Å²) in [5.74, 6) is 1.33. The molecule has 170 valence electrons. The highest BCUT2D eigenvalue weighted by atomic mass is 32.2. The molecule has 0 bridgehead atoms. The van der Waals surface area contributed by atoms with Gasteiger partial charge in [0.1, 0.15) is 18.1 Å². The number of nitrogens with one attached hydrogen (secondary N) is 1. The molecule has 31 heavy (non-hydrogen) atoms. The van der Waals surface area contributed by atoms with Gasteiger partial charge in [0.15, 0.2) is 0 Å². The second kappa shape index (κ2) is 11.6. The van der Waals surface area contributed by atoms with Gasteiger partial charge in [0.2, 0.25) is 15.9 Å². The van der Waals surface area contributed by atoms with E-state index in [-0.39, 0.29) is 18.9 Å². The monoisotopic (exact) mass is 448 g/mol. The van der Waals surface area contributed by atoms with Gasteiger partial charge in [-0.2, -0.15) is 0 Å². The number of rotatable bonds is 12. The lowest BCUT2D eigenvalue weighted by Crippen LogP contribution is -2.32. The van der Waals surface area contributed by atoms with Crippen LogP contribution in [-0.2, 0) is 14.8 Å². The number of carbonyl (C=O) groups is 1. The molecule has 1 N–H and O–H groups in total. The largest absolute Gasteiger partial charge is 0.494 e. The maximum atomic E-state index is 12.2. The number of sulfonamides is 1. The summed E-state index contributed by atoms with van der Waals surface area (Å²) >= 11 is 0. The summed E-state index contributed by atoms with van der Waals surface area (Å²) < 4.78 is 36.8. The molecule has 0 aliphatic carbocycles. The fraction of sp³-hybridized carbons (Fsp3) is 0.435. The molecule has 0 saturated heterocycles. The Morgan fingerprint density at radius 1 is 1.00 bits per heavy atom. The zero-order chi connectivity index (χ0) is 22.9. The number of amides is 1. The van der Waals surface area contributed by atoms with E-state index in [0.29, 0.717) is 37.6 Å². The molecule has 7 nitrogen and oxygen atoms in total. The first kappa shape index (κ1) is 24.5. The first-order valence-electron chi connectivity index (χ1n) is 10.4. The molecule has 0 spiro atoms. The molecular weight excluding hydrogens is 416 g/mol. The van der Waals surface area contributed by atoms with E-state index in [1.165, 1.54) is 4.31 Å². The summed E-state index contributed by atoms with van der Waals surface area (Å²) in [5.41, 5.74) is 2.80. The van der Waals surface area contributed by atoms with Crippen LogP contribution in [0.4, 0.5) is 5.69 Å². The van der Waals surface area contributed by atoms with Crippen molar-refractivity contribution in [1.29, 1.82) is 0 Å². The smallest absolute Gasteiger partial charge is 0.232 e. The summed E-state index contributed by atoms with van der Waals surface area (Å²) in [6, 6.07) is 12.9. The number of anilines is 1. The van der Waals surface area contributed by atoms with Crippen molar-refractivity contribution in [2.24, 2.45) is 0 Å². The van der Waals surface area contributed by atoms with Crippen LogP contribution >= 0.6 is 0 Å². The van der Waals surface area contributed by atoms with E-state index in [4.69, 9.17) is 9.47 Å². The van der Waals surface area contributed by atoms with Gasteiger partial charge in [-0.25, -0.2) is 8.42 Å². The number of aryl methyl sites for hydroxylation is 2. The van der Waals surface area contributed by atoms with Crippen LogP contribution in [0.2, 0.25) is 0 Å². The normalized spacial score (nSPS) is 11.1.